The molecule has 0 heterocycles. The zero-order valence-corrected chi connectivity index (χ0v) is 29.1. The molecule has 2 aliphatic rings. The minimum Gasteiger partial charge on any atom is -0.398 e. The minimum absolute atomic E-state index is 0.499. The van der Waals surface area contributed by atoms with Crippen molar-refractivity contribution >= 4 is 22.7 Å². The number of benzene rings is 2. The molecule has 2 aromatic rings. The van der Waals surface area contributed by atoms with Gasteiger partial charge in [-0.05, 0) is 109 Å². The maximum absolute atomic E-state index is 6.38. The molecule has 0 aliphatic heterocycles. The zero-order chi connectivity index (χ0) is 31.9. The first-order chi connectivity index (χ1) is 21.3. The first kappa shape index (κ1) is 36.1. The predicted octanol–water partition coefficient (Wildman–Crippen LogP) is 11.9. The molecule has 2 aliphatic carbocycles. The molecule has 2 unspecified atom stereocenters. The molecule has 2 fully saturated rings. The van der Waals surface area contributed by atoms with E-state index >= 15 is 0 Å². The fourth-order valence-corrected chi connectivity index (χ4v) is 8.18. The molecular formula is C40H68N4. The minimum atomic E-state index is 0.499. The molecule has 0 radical (unpaired) electrons. The molecule has 0 amide bonds. The van der Waals surface area contributed by atoms with Crippen LogP contribution in [0.15, 0.2) is 24.3 Å². The lowest BCUT2D eigenvalue weighted by Gasteiger charge is -2.31. The average Bonchev–Trinajstić information content (AvgIpc) is 3.04. The average molecular weight is 605 g/mol. The fraction of sp³-hybridized carbons (Fsp3) is 0.700. The third-order valence-corrected chi connectivity index (χ3v) is 10.7. The largest absolute Gasteiger partial charge is 0.398 e. The quantitative estimate of drug-likeness (QED) is 0.127. The number of nitrogen functional groups attached to an aromatic ring is 4. The van der Waals surface area contributed by atoms with Crippen molar-refractivity contribution in [3.05, 3.63) is 46.5 Å². The van der Waals surface area contributed by atoms with Crippen molar-refractivity contribution < 1.29 is 0 Å². The molecule has 4 rings (SSSR count). The van der Waals surface area contributed by atoms with Gasteiger partial charge in [-0.3, -0.25) is 0 Å². The summed E-state index contributed by atoms with van der Waals surface area (Å²) in [6.07, 6.45) is 26.3. The SMILES string of the molecule is CCCCCCC(C)c1c(N)ccc(N)c1C(C)CCCCCC.Nc1ccc(N)c(C2CCCCC2)c1C1CCCCC1. The summed E-state index contributed by atoms with van der Waals surface area (Å²) in [5.74, 6) is 2.31. The van der Waals surface area contributed by atoms with Crippen molar-refractivity contribution in [2.45, 2.75) is 180 Å². The van der Waals surface area contributed by atoms with Crippen LogP contribution in [0.1, 0.15) is 202 Å². The molecular weight excluding hydrogens is 536 g/mol. The van der Waals surface area contributed by atoms with Crippen LogP contribution in [0.25, 0.3) is 0 Å². The molecule has 248 valence electrons. The zero-order valence-electron chi connectivity index (χ0n) is 29.1. The van der Waals surface area contributed by atoms with Gasteiger partial charge in [0, 0.05) is 22.7 Å². The van der Waals surface area contributed by atoms with Gasteiger partial charge >= 0.3 is 0 Å². The molecule has 44 heavy (non-hydrogen) atoms. The summed E-state index contributed by atoms with van der Waals surface area (Å²) in [5, 5.41) is 0. The lowest BCUT2D eigenvalue weighted by atomic mass is 9.74. The van der Waals surface area contributed by atoms with Crippen LogP contribution in [-0.2, 0) is 0 Å². The molecule has 2 aromatic carbocycles. The molecule has 0 saturated heterocycles. The van der Waals surface area contributed by atoms with E-state index in [9.17, 15) is 0 Å². The van der Waals surface area contributed by atoms with Crippen LogP contribution < -0.4 is 22.9 Å². The second kappa shape index (κ2) is 19.2. The van der Waals surface area contributed by atoms with Gasteiger partial charge in [-0.1, -0.05) is 118 Å². The van der Waals surface area contributed by atoms with Gasteiger partial charge in [-0.15, -0.1) is 0 Å². The number of anilines is 4. The van der Waals surface area contributed by atoms with Crippen LogP contribution in [0.5, 0.6) is 0 Å². The topological polar surface area (TPSA) is 104 Å². The normalized spacial score (nSPS) is 17.5. The Bertz CT molecular complexity index is 1010. The summed E-state index contributed by atoms with van der Waals surface area (Å²) in [6, 6.07) is 8.07. The number of hydrogen-bond donors (Lipinski definition) is 4. The van der Waals surface area contributed by atoms with Crippen LogP contribution in [0.3, 0.4) is 0 Å². The van der Waals surface area contributed by atoms with Crippen molar-refractivity contribution in [2.24, 2.45) is 0 Å². The van der Waals surface area contributed by atoms with E-state index in [1.807, 2.05) is 24.3 Å². The molecule has 2 atom stereocenters. The molecule has 0 bridgehead atoms. The number of hydrogen-bond acceptors (Lipinski definition) is 4. The van der Waals surface area contributed by atoms with Crippen molar-refractivity contribution in [3.63, 3.8) is 0 Å². The third-order valence-electron chi connectivity index (χ3n) is 10.7. The third kappa shape index (κ3) is 10.3. The molecule has 0 spiro atoms. The Labute approximate surface area is 271 Å². The Hall–Kier alpha value is -2.36. The standard InChI is InChI=1S/C22H40N2.C18H28N2/c1-5-7-9-11-13-17(3)21-19(23)15-16-20(24)22(21)18(4)14-12-10-8-6-2;19-15-11-12-16(20)18(14-9-5-2-6-10-14)17(15)13-7-3-1-4-8-13/h15-18H,5-14,23-24H2,1-4H3;11-14H,1-10,19-20H2. The molecule has 0 aromatic heterocycles. The highest BCUT2D eigenvalue weighted by Gasteiger charge is 2.27. The maximum Gasteiger partial charge on any atom is 0.0353 e. The van der Waals surface area contributed by atoms with E-state index in [1.54, 1.807) is 0 Å². The summed E-state index contributed by atoms with van der Waals surface area (Å²) in [5.41, 5.74) is 34.9. The van der Waals surface area contributed by atoms with E-state index in [4.69, 9.17) is 22.9 Å². The summed E-state index contributed by atoms with van der Waals surface area (Å²) < 4.78 is 0. The number of rotatable bonds is 14. The van der Waals surface area contributed by atoms with Crippen LogP contribution >= 0.6 is 0 Å². The van der Waals surface area contributed by atoms with E-state index < -0.39 is 0 Å². The van der Waals surface area contributed by atoms with E-state index in [0.717, 1.165) is 22.7 Å². The van der Waals surface area contributed by atoms with Gasteiger partial charge < -0.3 is 22.9 Å². The van der Waals surface area contributed by atoms with Crippen LogP contribution in [0.2, 0.25) is 0 Å². The molecule has 8 N–H and O–H groups in total. The molecule has 4 nitrogen and oxygen atoms in total. The summed E-state index contributed by atoms with van der Waals surface area (Å²) in [7, 11) is 0. The first-order valence-electron chi connectivity index (χ1n) is 18.6. The summed E-state index contributed by atoms with van der Waals surface area (Å²) >= 11 is 0. The Morgan fingerprint density at radius 2 is 0.841 bits per heavy atom. The van der Waals surface area contributed by atoms with E-state index in [1.165, 1.54) is 151 Å². The van der Waals surface area contributed by atoms with E-state index in [-0.39, 0.29) is 0 Å². The summed E-state index contributed by atoms with van der Waals surface area (Å²) in [6.45, 7) is 9.17. The van der Waals surface area contributed by atoms with Gasteiger partial charge in [0.2, 0.25) is 0 Å². The highest BCUT2D eigenvalue weighted by Crippen LogP contribution is 2.45. The van der Waals surface area contributed by atoms with Crippen molar-refractivity contribution in [2.75, 3.05) is 22.9 Å². The Balaban J connectivity index is 0.000000243. The monoisotopic (exact) mass is 605 g/mol. The van der Waals surface area contributed by atoms with Crippen LogP contribution in [0, 0.1) is 0 Å². The van der Waals surface area contributed by atoms with Gasteiger partial charge in [0.25, 0.3) is 0 Å². The molecule has 2 saturated carbocycles. The van der Waals surface area contributed by atoms with Gasteiger partial charge in [0.15, 0.2) is 0 Å². The van der Waals surface area contributed by atoms with Gasteiger partial charge in [0.05, 0.1) is 0 Å². The fourth-order valence-electron chi connectivity index (χ4n) is 8.18. The van der Waals surface area contributed by atoms with Crippen LogP contribution in [0.4, 0.5) is 22.7 Å². The number of nitrogens with two attached hydrogens (primary N) is 4. The lowest BCUT2D eigenvalue weighted by molar-refractivity contribution is 0.420. The van der Waals surface area contributed by atoms with Gasteiger partial charge in [0.1, 0.15) is 0 Å². The first-order valence-corrected chi connectivity index (χ1v) is 18.6. The summed E-state index contributed by atoms with van der Waals surface area (Å²) in [4.78, 5) is 0. The lowest BCUT2D eigenvalue weighted by Crippen LogP contribution is -2.16. The van der Waals surface area contributed by atoms with Crippen molar-refractivity contribution in [3.8, 4) is 0 Å². The second-order valence-corrected chi connectivity index (χ2v) is 14.3. The van der Waals surface area contributed by atoms with Crippen LogP contribution in [-0.4, -0.2) is 0 Å². The van der Waals surface area contributed by atoms with Crippen molar-refractivity contribution in [1.29, 1.82) is 0 Å². The Kier molecular flexibility index (Phi) is 15.8. The van der Waals surface area contributed by atoms with E-state index in [2.05, 4.69) is 27.7 Å². The second-order valence-electron chi connectivity index (χ2n) is 14.3. The molecule has 4 heteroatoms. The van der Waals surface area contributed by atoms with Crippen molar-refractivity contribution in [1.82, 2.24) is 0 Å². The highest BCUT2D eigenvalue weighted by molar-refractivity contribution is 5.65. The maximum atomic E-state index is 6.38. The van der Waals surface area contributed by atoms with Gasteiger partial charge in [-0.2, -0.15) is 0 Å². The Morgan fingerprint density at radius 1 is 0.500 bits per heavy atom. The Morgan fingerprint density at radius 3 is 1.18 bits per heavy atom. The smallest absolute Gasteiger partial charge is 0.0353 e. The number of unbranched alkanes of at least 4 members (excludes halogenated alkanes) is 6. The highest BCUT2D eigenvalue weighted by atomic mass is 14.6. The van der Waals surface area contributed by atoms with E-state index in [0.29, 0.717) is 23.7 Å². The predicted molar refractivity (Wildman–Crippen MR) is 197 cm³/mol. The van der Waals surface area contributed by atoms with Gasteiger partial charge in [-0.25, -0.2) is 0 Å².